The maximum absolute atomic E-state index is 12.2. The van der Waals surface area contributed by atoms with Crippen LogP contribution < -0.4 is 5.73 Å². The summed E-state index contributed by atoms with van der Waals surface area (Å²) < 4.78 is 0. The number of rotatable bonds is 5. The standard InChI is InChI=1S/C15H22N2O3/c1-15(2,3)17(10-14(19)20)13(18)9-8-11-6-4-5-7-12(11)16/h4-7H,8-10,16H2,1-3H3,(H,19,20). The number of nitrogen functional groups attached to an aromatic ring is 1. The van der Waals surface area contributed by atoms with Crippen molar-refractivity contribution in [2.45, 2.75) is 39.2 Å². The number of amides is 1. The Kier molecular flexibility index (Phi) is 5.13. The van der Waals surface area contributed by atoms with Gasteiger partial charge in [-0.1, -0.05) is 18.2 Å². The van der Waals surface area contributed by atoms with Crippen molar-refractivity contribution in [3.8, 4) is 0 Å². The van der Waals surface area contributed by atoms with Gasteiger partial charge in [0.1, 0.15) is 6.54 Å². The number of anilines is 1. The highest BCUT2D eigenvalue weighted by Crippen LogP contribution is 2.17. The van der Waals surface area contributed by atoms with Crippen LogP contribution in [-0.2, 0) is 16.0 Å². The SMILES string of the molecule is CC(C)(C)N(CC(=O)O)C(=O)CCc1ccccc1N. The molecule has 1 amide bonds. The number of aliphatic carboxylic acids is 1. The third-order valence-electron chi connectivity index (χ3n) is 3.07. The first kappa shape index (κ1) is 16.0. The lowest BCUT2D eigenvalue weighted by atomic mass is 10.0. The van der Waals surface area contributed by atoms with Crippen LogP contribution >= 0.6 is 0 Å². The van der Waals surface area contributed by atoms with Crippen LogP contribution in [0.25, 0.3) is 0 Å². The molecule has 5 heteroatoms. The Balaban J connectivity index is 2.72. The van der Waals surface area contributed by atoms with E-state index in [1.54, 1.807) is 6.07 Å². The lowest BCUT2D eigenvalue weighted by Crippen LogP contribution is -2.48. The van der Waals surface area contributed by atoms with Crippen molar-refractivity contribution in [1.82, 2.24) is 4.90 Å². The minimum atomic E-state index is -1.01. The first-order valence-corrected chi connectivity index (χ1v) is 6.57. The van der Waals surface area contributed by atoms with Crippen LogP contribution in [0.5, 0.6) is 0 Å². The summed E-state index contributed by atoms with van der Waals surface area (Å²) in [4.78, 5) is 24.5. The van der Waals surface area contributed by atoms with E-state index in [1.165, 1.54) is 4.90 Å². The normalized spacial score (nSPS) is 11.2. The van der Waals surface area contributed by atoms with Crippen molar-refractivity contribution in [3.05, 3.63) is 29.8 Å². The third kappa shape index (κ3) is 4.57. The van der Waals surface area contributed by atoms with Gasteiger partial charge in [0.25, 0.3) is 0 Å². The van der Waals surface area contributed by atoms with E-state index in [0.717, 1.165) is 5.56 Å². The van der Waals surface area contributed by atoms with Crippen LogP contribution in [0.3, 0.4) is 0 Å². The molecule has 0 atom stereocenters. The molecular weight excluding hydrogens is 256 g/mol. The monoisotopic (exact) mass is 278 g/mol. The van der Waals surface area contributed by atoms with Crippen molar-refractivity contribution in [2.24, 2.45) is 0 Å². The number of carboxylic acids is 1. The van der Waals surface area contributed by atoms with Crippen molar-refractivity contribution in [3.63, 3.8) is 0 Å². The van der Waals surface area contributed by atoms with Crippen LogP contribution in [0.4, 0.5) is 5.69 Å². The Morgan fingerprint density at radius 2 is 1.85 bits per heavy atom. The van der Waals surface area contributed by atoms with Crippen molar-refractivity contribution >= 4 is 17.6 Å². The van der Waals surface area contributed by atoms with Crippen LogP contribution in [0.1, 0.15) is 32.8 Å². The van der Waals surface area contributed by atoms with E-state index in [4.69, 9.17) is 10.8 Å². The maximum Gasteiger partial charge on any atom is 0.323 e. The van der Waals surface area contributed by atoms with Crippen LogP contribution in [0.15, 0.2) is 24.3 Å². The molecule has 20 heavy (non-hydrogen) atoms. The first-order valence-electron chi connectivity index (χ1n) is 6.57. The molecule has 0 aromatic heterocycles. The molecule has 1 aromatic rings. The smallest absolute Gasteiger partial charge is 0.323 e. The Labute approximate surface area is 119 Å². The van der Waals surface area contributed by atoms with E-state index in [1.807, 2.05) is 39.0 Å². The largest absolute Gasteiger partial charge is 0.480 e. The Morgan fingerprint density at radius 1 is 1.25 bits per heavy atom. The summed E-state index contributed by atoms with van der Waals surface area (Å²) in [6, 6.07) is 7.38. The molecule has 110 valence electrons. The number of nitrogens with two attached hydrogens (primary N) is 1. The van der Waals surface area contributed by atoms with Gasteiger partial charge in [-0.05, 0) is 38.8 Å². The molecular formula is C15H22N2O3. The summed E-state index contributed by atoms with van der Waals surface area (Å²) in [5.41, 5.74) is 6.88. The zero-order valence-corrected chi connectivity index (χ0v) is 12.2. The van der Waals surface area contributed by atoms with Crippen LogP contribution in [0, 0.1) is 0 Å². The summed E-state index contributed by atoms with van der Waals surface area (Å²) in [5, 5.41) is 8.91. The lowest BCUT2D eigenvalue weighted by molar-refractivity contribution is -0.148. The predicted octanol–water partition coefficient (Wildman–Crippen LogP) is 1.91. The lowest BCUT2D eigenvalue weighted by Gasteiger charge is -2.34. The number of hydrogen-bond donors (Lipinski definition) is 2. The number of nitrogens with zero attached hydrogens (tertiary/aromatic N) is 1. The molecule has 0 aliphatic rings. The molecule has 3 N–H and O–H groups in total. The van der Waals surface area contributed by atoms with Gasteiger partial charge < -0.3 is 15.7 Å². The Hall–Kier alpha value is -2.04. The number of carbonyl (C=O) groups excluding carboxylic acids is 1. The zero-order chi connectivity index (χ0) is 15.3. The molecule has 0 aliphatic heterocycles. The molecule has 0 aliphatic carbocycles. The van der Waals surface area contributed by atoms with E-state index in [9.17, 15) is 9.59 Å². The fourth-order valence-electron chi connectivity index (χ4n) is 1.97. The minimum absolute atomic E-state index is 0.178. The summed E-state index contributed by atoms with van der Waals surface area (Å²) >= 11 is 0. The van der Waals surface area contributed by atoms with E-state index in [0.29, 0.717) is 12.1 Å². The van der Waals surface area contributed by atoms with Gasteiger partial charge in [-0.3, -0.25) is 9.59 Å². The highest BCUT2D eigenvalue weighted by molar-refractivity contribution is 5.82. The average molecular weight is 278 g/mol. The summed E-state index contributed by atoms with van der Waals surface area (Å²) in [5.74, 6) is -1.18. The van der Waals surface area contributed by atoms with Gasteiger partial charge in [-0.2, -0.15) is 0 Å². The minimum Gasteiger partial charge on any atom is -0.480 e. The van der Waals surface area contributed by atoms with Gasteiger partial charge >= 0.3 is 5.97 Å². The van der Waals surface area contributed by atoms with Crippen molar-refractivity contribution < 1.29 is 14.7 Å². The van der Waals surface area contributed by atoms with Gasteiger partial charge in [0, 0.05) is 17.6 Å². The fourth-order valence-corrected chi connectivity index (χ4v) is 1.97. The van der Waals surface area contributed by atoms with E-state index in [2.05, 4.69) is 0 Å². The summed E-state index contributed by atoms with van der Waals surface area (Å²) in [6.45, 7) is 5.19. The van der Waals surface area contributed by atoms with E-state index >= 15 is 0 Å². The van der Waals surface area contributed by atoms with Gasteiger partial charge in [0.15, 0.2) is 0 Å². The second-order valence-corrected chi connectivity index (χ2v) is 5.74. The molecule has 0 heterocycles. The zero-order valence-electron chi connectivity index (χ0n) is 12.2. The first-order chi connectivity index (χ1) is 9.21. The molecule has 0 bridgehead atoms. The summed E-state index contributed by atoms with van der Waals surface area (Å²) in [7, 11) is 0. The van der Waals surface area contributed by atoms with Gasteiger partial charge in [0.2, 0.25) is 5.91 Å². The van der Waals surface area contributed by atoms with Crippen molar-refractivity contribution in [1.29, 1.82) is 0 Å². The van der Waals surface area contributed by atoms with Crippen LogP contribution in [0.2, 0.25) is 0 Å². The Morgan fingerprint density at radius 3 is 2.35 bits per heavy atom. The second kappa shape index (κ2) is 6.41. The molecule has 0 fully saturated rings. The van der Waals surface area contributed by atoms with E-state index < -0.39 is 11.5 Å². The maximum atomic E-state index is 12.2. The molecule has 1 aromatic carbocycles. The predicted molar refractivity (Wildman–Crippen MR) is 78.3 cm³/mol. The highest BCUT2D eigenvalue weighted by Gasteiger charge is 2.27. The number of carboxylic acid groups (broad SMARTS) is 1. The number of aryl methyl sites for hydroxylation is 1. The number of para-hydroxylation sites is 1. The molecule has 0 spiro atoms. The van der Waals surface area contributed by atoms with Gasteiger partial charge in [-0.25, -0.2) is 0 Å². The fraction of sp³-hybridized carbons (Fsp3) is 0.467. The molecule has 5 nitrogen and oxygen atoms in total. The topological polar surface area (TPSA) is 83.6 Å². The number of benzene rings is 1. The molecule has 0 saturated carbocycles. The second-order valence-electron chi connectivity index (χ2n) is 5.74. The molecule has 0 saturated heterocycles. The average Bonchev–Trinajstić information content (AvgIpc) is 2.33. The molecule has 1 rings (SSSR count). The van der Waals surface area contributed by atoms with E-state index in [-0.39, 0.29) is 18.9 Å². The van der Waals surface area contributed by atoms with Gasteiger partial charge in [0.05, 0.1) is 0 Å². The quantitative estimate of drug-likeness (QED) is 0.806. The summed E-state index contributed by atoms with van der Waals surface area (Å²) in [6.07, 6.45) is 0.760. The van der Waals surface area contributed by atoms with Crippen LogP contribution in [-0.4, -0.2) is 34.0 Å². The van der Waals surface area contributed by atoms with Crippen molar-refractivity contribution in [2.75, 3.05) is 12.3 Å². The Bertz CT molecular complexity index is 492. The third-order valence-corrected chi connectivity index (χ3v) is 3.07. The molecule has 0 radical (unpaired) electrons. The number of hydrogen-bond acceptors (Lipinski definition) is 3. The number of carbonyl (C=O) groups is 2. The van der Waals surface area contributed by atoms with Gasteiger partial charge in [-0.15, -0.1) is 0 Å². The molecule has 0 unspecified atom stereocenters. The highest BCUT2D eigenvalue weighted by atomic mass is 16.4.